The zero-order valence-corrected chi connectivity index (χ0v) is 23.4. The minimum atomic E-state index is -0.345. The third-order valence-corrected chi connectivity index (χ3v) is 10.7. The van der Waals surface area contributed by atoms with E-state index < -0.39 is 0 Å². The number of carbonyl (C=O) groups is 2. The lowest BCUT2D eigenvalue weighted by molar-refractivity contribution is -0.131. The molecule has 0 spiro atoms. The Morgan fingerprint density at radius 2 is 1.62 bits per heavy atom. The zero-order valence-electron chi connectivity index (χ0n) is 21.8. The van der Waals surface area contributed by atoms with Crippen molar-refractivity contribution in [2.45, 2.75) is 60.3 Å². The molecule has 1 N–H and O–H groups in total. The molecular weight excluding hydrogens is 524 g/mol. The summed E-state index contributed by atoms with van der Waals surface area (Å²) in [6.45, 7) is 1.96. The molecule has 4 fully saturated rings. The zero-order chi connectivity index (χ0) is 26.6. The number of ether oxygens (including phenoxy) is 1. The molecule has 4 aromatic rings. The van der Waals surface area contributed by atoms with Crippen LogP contribution in [0.4, 0.5) is 5.69 Å². The van der Waals surface area contributed by atoms with Crippen LogP contribution in [0.25, 0.3) is 10.2 Å². The van der Waals surface area contributed by atoms with Crippen LogP contribution in [0.15, 0.2) is 76.0 Å². The Kier molecular flexibility index (Phi) is 6.24. The topological polar surface area (TPSA) is 68.3 Å². The van der Waals surface area contributed by atoms with Crippen LogP contribution in [0, 0.1) is 24.7 Å². The van der Waals surface area contributed by atoms with Gasteiger partial charge in [-0.25, -0.2) is 9.78 Å². The Morgan fingerprint density at radius 1 is 0.949 bits per heavy atom. The van der Waals surface area contributed by atoms with E-state index in [2.05, 4.69) is 11.4 Å². The lowest BCUT2D eigenvalue weighted by Crippen LogP contribution is -2.52. The molecule has 0 aliphatic heterocycles. The maximum atomic E-state index is 14.0. The first-order valence-corrected chi connectivity index (χ1v) is 15.3. The Hall–Kier alpha value is -3.16. The quantitative estimate of drug-likeness (QED) is 0.244. The normalized spacial score (nSPS) is 25.1. The van der Waals surface area contributed by atoms with Gasteiger partial charge in [0.1, 0.15) is 5.60 Å². The summed E-state index contributed by atoms with van der Waals surface area (Å²) in [6.07, 6.45) is 6.80. The number of esters is 1. The molecule has 4 aliphatic carbocycles. The third kappa shape index (κ3) is 4.87. The van der Waals surface area contributed by atoms with Crippen LogP contribution in [-0.4, -0.2) is 22.5 Å². The molecule has 4 bridgehead atoms. The van der Waals surface area contributed by atoms with Crippen molar-refractivity contribution in [1.82, 2.24) is 4.98 Å². The number of benzene rings is 3. The van der Waals surface area contributed by atoms with Gasteiger partial charge in [0.15, 0.2) is 4.34 Å². The van der Waals surface area contributed by atoms with Crippen LogP contribution in [0.3, 0.4) is 0 Å². The highest BCUT2D eigenvalue weighted by Crippen LogP contribution is 2.57. The maximum absolute atomic E-state index is 14.0. The summed E-state index contributed by atoms with van der Waals surface area (Å²) in [5.74, 6) is 1.54. The van der Waals surface area contributed by atoms with Crippen molar-refractivity contribution in [1.29, 1.82) is 0 Å². The molecule has 1 heterocycles. The van der Waals surface area contributed by atoms with Crippen LogP contribution >= 0.6 is 23.1 Å². The van der Waals surface area contributed by atoms with Crippen LogP contribution < -0.4 is 5.32 Å². The number of nitrogens with zero attached hydrogens (tertiary/aromatic N) is 1. The van der Waals surface area contributed by atoms with Crippen molar-refractivity contribution in [3.8, 4) is 0 Å². The predicted molar refractivity (Wildman–Crippen MR) is 156 cm³/mol. The number of fused-ring (bicyclic) bond motifs is 1. The molecule has 0 saturated heterocycles. The number of para-hydroxylation sites is 1. The van der Waals surface area contributed by atoms with Crippen LogP contribution in [-0.2, 0) is 4.74 Å². The van der Waals surface area contributed by atoms with E-state index in [0.717, 1.165) is 44.3 Å². The highest BCUT2D eigenvalue weighted by Gasteiger charge is 2.53. The second-order valence-corrected chi connectivity index (χ2v) is 13.8. The summed E-state index contributed by atoms with van der Waals surface area (Å²) in [5, 5.41) is 3.02. The van der Waals surface area contributed by atoms with Crippen molar-refractivity contribution >= 4 is 50.9 Å². The number of carbonyl (C=O) groups excluding carboxylic acids is 2. The van der Waals surface area contributed by atoms with Crippen LogP contribution in [0.5, 0.6) is 0 Å². The van der Waals surface area contributed by atoms with Crippen molar-refractivity contribution in [3.63, 3.8) is 0 Å². The molecule has 4 aliphatic rings. The number of amides is 1. The van der Waals surface area contributed by atoms with Gasteiger partial charge in [-0.1, -0.05) is 42.1 Å². The summed E-state index contributed by atoms with van der Waals surface area (Å²) >= 11 is 3.11. The number of anilines is 1. The molecule has 5 nitrogen and oxygen atoms in total. The maximum Gasteiger partial charge on any atom is 0.339 e. The van der Waals surface area contributed by atoms with Crippen LogP contribution in [0.2, 0.25) is 0 Å². The van der Waals surface area contributed by atoms with Crippen molar-refractivity contribution in [2.75, 3.05) is 5.32 Å². The fraction of sp³-hybridized carbons (Fsp3) is 0.344. The summed E-state index contributed by atoms with van der Waals surface area (Å²) < 4.78 is 8.46. The number of nitrogens with one attached hydrogen (secondary N) is 1. The molecule has 1 amide bonds. The van der Waals surface area contributed by atoms with Crippen molar-refractivity contribution < 1.29 is 14.3 Å². The highest BCUT2D eigenvalue weighted by atomic mass is 32.2. The molecule has 3 aromatic carbocycles. The van der Waals surface area contributed by atoms with Gasteiger partial charge < -0.3 is 10.1 Å². The third-order valence-electron chi connectivity index (χ3n) is 8.59. The van der Waals surface area contributed by atoms with Gasteiger partial charge in [0.05, 0.1) is 15.8 Å². The summed E-state index contributed by atoms with van der Waals surface area (Å²) in [7, 11) is 0. The largest absolute Gasteiger partial charge is 0.455 e. The average Bonchev–Trinajstić information content (AvgIpc) is 3.32. The Labute approximate surface area is 236 Å². The monoisotopic (exact) mass is 554 g/mol. The highest BCUT2D eigenvalue weighted by molar-refractivity contribution is 8.01. The molecule has 0 unspecified atom stereocenters. The predicted octanol–water partition coefficient (Wildman–Crippen LogP) is 8.13. The van der Waals surface area contributed by atoms with E-state index in [-0.39, 0.29) is 17.5 Å². The van der Waals surface area contributed by atoms with Gasteiger partial charge >= 0.3 is 5.97 Å². The van der Waals surface area contributed by atoms with Gasteiger partial charge in [-0.3, -0.25) is 4.79 Å². The molecule has 1 aromatic heterocycles. The SMILES string of the molecule is Cc1cc(Sc2nc3ccccc3s2)c(C(=O)OC23CC4CC(CC(C4)C2)C3)cc1NC(=O)c1ccccc1. The molecule has 0 atom stereocenters. The number of aromatic nitrogens is 1. The van der Waals surface area contributed by atoms with Gasteiger partial charge in [0.25, 0.3) is 5.91 Å². The minimum Gasteiger partial charge on any atom is -0.455 e. The lowest BCUT2D eigenvalue weighted by atomic mass is 9.54. The van der Waals surface area contributed by atoms with E-state index in [0.29, 0.717) is 34.6 Å². The van der Waals surface area contributed by atoms with E-state index >= 15 is 0 Å². The number of hydrogen-bond donors (Lipinski definition) is 1. The Bertz CT molecular complexity index is 1510. The number of aryl methyl sites for hydroxylation is 1. The second-order valence-electron chi connectivity index (χ2n) is 11.5. The summed E-state index contributed by atoms with van der Waals surface area (Å²) in [5.41, 5.74) is 3.17. The Balaban J connectivity index is 1.23. The van der Waals surface area contributed by atoms with E-state index in [1.54, 1.807) is 29.5 Å². The molecule has 4 saturated carbocycles. The first-order valence-electron chi connectivity index (χ1n) is 13.7. The standard InChI is InChI=1S/C32H30N2O3S2/c1-19-11-28(39-31-34-25-9-5-6-10-27(25)38-31)24(15-26(19)33-29(35)23-7-3-2-4-8-23)30(36)37-32-16-20-12-21(17-32)14-22(13-20)18-32/h2-11,15,20-22H,12-14,16-18H2,1H3,(H,33,35). The lowest BCUT2D eigenvalue weighted by Gasteiger charge is -2.55. The van der Waals surface area contributed by atoms with Gasteiger partial charge in [-0.05, 0) is 105 Å². The molecular formula is C32H30N2O3S2. The number of hydrogen-bond acceptors (Lipinski definition) is 6. The van der Waals surface area contributed by atoms with Gasteiger partial charge in [-0.15, -0.1) is 11.3 Å². The molecule has 7 heteroatoms. The van der Waals surface area contributed by atoms with Crippen molar-refractivity contribution in [2.24, 2.45) is 17.8 Å². The average molecular weight is 555 g/mol. The molecule has 8 rings (SSSR count). The number of thiazole rings is 1. The van der Waals surface area contributed by atoms with Gasteiger partial charge in [0.2, 0.25) is 0 Å². The first-order chi connectivity index (χ1) is 18.9. The second kappa shape index (κ2) is 9.79. The fourth-order valence-corrected chi connectivity index (χ4v) is 9.46. The van der Waals surface area contributed by atoms with E-state index in [1.807, 2.05) is 49.4 Å². The molecule has 39 heavy (non-hydrogen) atoms. The van der Waals surface area contributed by atoms with Crippen molar-refractivity contribution in [3.05, 3.63) is 83.4 Å². The summed E-state index contributed by atoms with van der Waals surface area (Å²) in [6, 6.07) is 21.0. The summed E-state index contributed by atoms with van der Waals surface area (Å²) in [4.78, 5) is 32.5. The van der Waals surface area contributed by atoms with E-state index in [1.165, 1.54) is 31.0 Å². The fourth-order valence-electron chi connectivity index (χ4n) is 7.24. The number of rotatable bonds is 6. The van der Waals surface area contributed by atoms with Crippen LogP contribution in [0.1, 0.15) is 64.8 Å². The first kappa shape index (κ1) is 24.9. The van der Waals surface area contributed by atoms with E-state index in [4.69, 9.17) is 9.72 Å². The van der Waals surface area contributed by atoms with E-state index in [9.17, 15) is 9.59 Å². The minimum absolute atomic E-state index is 0.203. The van der Waals surface area contributed by atoms with Gasteiger partial charge in [0, 0.05) is 16.1 Å². The molecule has 0 radical (unpaired) electrons. The Morgan fingerprint density at radius 3 is 2.31 bits per heavy atom. The smallest absolute Gasteiger partial charge is 0.339 e. The van der Waals surface area contributed by atoms with Gasteiger partial charge in [-0.2, -0.15) is 0 Å². The molecule has 198 valence electrons.